The van der Waals surface area contributed by atoms with E-state index in [9.17, 15) is 0 Å². The molecule has 0 aliphatic heterocycles. The van der Waals surface area contributed by atoms with Gasteiger partial charge in [-0.25, -0.2) is 0 Å². The molecule has 3 heteroatoms. The first kappa shape index (κ1) is 14.5. The highest BCUT2D eigenvalue weighted by Crippen LogP contribution is 2.31. The molecule has 20 heavy (non-hydrogen) atoms. The van der Waals surface area contributed by atoms with Gasteiger partial charge in [0.25, 0.3) is 0 Å². The molecule has 2 N–H and O–H groups in total. The molecule has 0 saturated heterocycles. The molecule has 0 amide bonds. The highest BCUT2D eigenvalue weighted by atomic mass is 16.5. The average Bonchev–Trinajstić information content (AvgIpc) is 2.39. The van der Waals surface area contributed by atoms with Crippen LogP contribution in [0.4, 0.5) is 0 Å². The monoisotopic (exact) mass is 270 g/mol. The second kappa shape index (κ2) is 6.06. The van der Waals surface area contributed by atoms with Crippen molar-refractivity contribution in [3.05, 3.63) is 53.3 Å². The van der Waals surface area contributed by atoms with Crippen molar-refractivity contribution in [1.82, 2.24) is 4.98 Å². The Bertz CT molecular complexity index is 574. The Labute approximate surface area is 120 Å². The molecule has 1 atom stereocenters. The number of nitrogens with zero attached hydrogens (tertiary/aromatic N) is 1. The van der Waals surface area contributed by atoms with Gasteiger partial charge < -0.3 is 10.5 Å². The van der Waals surface area contributed by atoms with E-state index in [0.29, 0.717) is 5.92 Å². The molecular weight excluding hydrogens is 248 g/mol. The summed E-state index contributed by atoms with van der Waals surface area (Å²) < 4.78 is 5.98. The third kappa shape index (κ3) is 3.36. The van der Waals surface area contributed by atoms with Gasteiger partial charge in [0.2, 0.25) is 0 Å². The van der Waals surface area contributed by atoms with Crippen LogP contribution >= 0.6 is 0 Å². The Morgan fingerprint density at radius 1 is 1.10 bits per heavy atom. The second-order valence-corrected chi connectivity index (χ2v) is 5.51. The van der Waals surface area contributed by atoms with E-state index < -0.39 is 0 Å². The number of ether oxygens (including phenoxy) is 1. The summed E-state index contributed by atoms with van der Waals surface area (Å²) in [5.41, 5.74) is 9.05. The van der Waals surface area contributed by atoms with E-state index in [0.717, 1.165) is 17.2 Å². The highest BCUT2D eigenvalue weighted by molar-refractivity contribution is 5.41. The van der Waals surface area contributed by atoms with Crippen LogP contribution in [0.15, 0.2) is 36.5 Å². The predicted molar refractivity (Wildman–Crippen MR) is 82.2 cm³/mol. The first-order valence-electron chi connectivity index (χ1n) is 6.97. The van der Waals surface area contributed by atoms with Crippen molar-refractivity contribution in [2.24, 2.45) is 5.73 Å². The first-order chi connectivity index (χ1) is 9.47. The molecule has 2 rings (SSSR count). The molecule has 3 nitrogen and oxygen atoms in total. The Morgan fingerprint density at radius 3 is 2.40 bits per heavy atom. The van der Waals surface area contributed by atoms with Crippen LogP contribution in [0.25, 0.3) is 0 Å². The maximum Gasteiger partial charge on any atom is 0.145 e. The zero-order valence-electron chi connectivity index (χ0n) is 12.6. The van der Waals surface area contributed by atoms with Gasteiger partial charge in [-0.15, -0.1) is 0 Å². The average molecular weight is 270 g/mol. The molecule has 106 valence electrons. The van der Waals surface area contributed by atoms with E-state index in [1.807, 2.05) is 19.1 Å². The fourth-order valence-electron chi connectivity index (χ4n) is 2.06. The number of pyridine rings is 1. The Kier molecular flexibility index (Phi) is 4.40. The van der Waals surface area contributed by atoms with Gasteiger partial charge in [0, 0.05) is 6.04 Å². The van der Waals surface area contributed by atoms with E-state index >= 15 is 0 Å². The number of benzene rings is 1. The highest BCUT2D eigenvalue weighted by Gasteiger charge is 2.09. The largest absolute Gasteiger partial charge is 0.455 e. The summed E-state index contributed by atoms with van der Waals surface area (Å²) in [6.45, 7) is 8.30. The van der Waals surface area contributed by atoms with Crippen molar-refractivity contribution in [3.8, 4) is 11.5 Å². The zero-order chi connectivity index (χ0) is 14.7. The molecule has 0 bridgehead atoms. The van der Waals surface area contributed by atoms with Gasteiger partial charge in [-0.3, -0.25) is 4.98 Å². The topological polar surface area (TPSA) is 48.1 Å². The minimum Gasteiger partial charge on any atom is -0.455 e. The van der Waals surface area contributed by atoms with Gasteiger partial charge in [-0.2, -0.15) is 0 Å². The predicted octanol–water partition coefficient (Wildman–Crippen LogP) is 4.33. The lowest BCUT2D eigenvalue weighted by Gasteiger charge is -2.15. The van der Waals surface area contributed by atoms with E-state index in [-0.39, 0.29) is 6.04 Å². The molecule has 1 aromatic carbocycles. The van der Waals surface area contributed by atoms with E-state index in [1.165, 1.54) is 11.1 Å². The maximum absolute atomic E-state index is 5.98. The van der Waals surface area contributed by atoms with Crippen LogP contribution in [-0.2, 0) is 0 Å². The Balaban J connectivity index is 2.27. The third-order valence-electron chi connectivity index (χ3n) is 3.24. The quantitative estimate of drug-likeness (QED) is 0.899. The van der Waals surface area contributed by atoms with Gasteiger partial charge in [0.15, 0.2) is 0 Å². The van der Waals surface area contributed by atoms with Gasteiger partial charge in [-0.05, 0) is 49.1 Å². The minimum absolute atomic E-state index is 0.0609. The van der Waals surface area contributed by atoms with Crippen LogP contribution in [-0.4, -0.2) is 4.98 Å². The number of nitrogens with two attached hydrogens (primary N) is 1. The summed E-state index contributed by atoms with van der Waals surface area (Å²) in [6.07, 6.45) is 1.73. The normalized spacial score (nSPS) is 12.5. The van der Waals surface area contributed by atoms with Crippen LogP contribution < -0.4 is 10.5 Å². The molecule has 0 saturated carbocycles. The summed E-state index contributed by atoms with van der Waals surface area (Å²) in [7, 11) is 0. The molecule has 0 fully saturated rings. The van der Waals surface area contributed by atoms with Gasteiger partial charge in [0.05, 0.1) is 11.9 Å². The van der Waals surface area contributed by atoms with Crippen molar-refractivity contribution in [2.75, 3.05) is 0 Å². The standard InChI is InChI=1S/C17H22N2O/c1-11(2)15-7-5-12(3)9-17(15)20-14-6-8-16(13(4)18)19-10-14/h5-11,13H,18H2,1-4H3/t13-/m1/s1. The minimum atomic E-state index is -0.0609. The SMILES string of the molecule is Cc1ccc(C(C)C)c(Oc2ccc([C@@H](C)N)nc2)c1. The second-order valence-electron chi connectivity index (χ2n) is 5.51. The lowest BCUT2D eigenvalue weighted by molar-refractivity contribution is 0.469. The number of rotatable bonds is 4. The molecule has 0 radical (unpaired) electrons. The Hall–Kier alpha value is -1.87. The number of aromatic nitrogens is 1. The van der Waals surface area contributed by atoms with Gasteiger partial charge in [0.1, 0.15) is 11.5 Å². The van der Waals surface area contributed by atoms with Crippen molar-refractivity contribution in [1.29, 1.82) is 0 Å². The van der Waals surface area contributed by atoms with Crippen LogP contribution in [0.2, 0.25) is 0 Å². The van der Waals surface area contributed by atoms with E-state index in [1.54, 1.807) is 6.20 Å². The number of hydrogen-bond donors (Lipinski definition) is 1. The van der Waals surface area contributed by atoms with Crippen LogP contribution in [0.3, 0.4) is 0 Å². The van der Waals surface area contributed by atoms with Crippen LogP contribution in [0.5, 0.6) is 11.5 Å². The lowest BCUT2D eigenvalue weighted by Crippen LogP contribution is -2.06. The summed E-state index contributed by atoms with van der Waals surface area (Å²) in [4.78, 5) is 4.32. The zero-order valence-corrected chi connectivity index (χ0v) is 12.6. The summed E-state index contributed by atoms with van der Waals surface area (Å²) in [5, 5.41) is 0. The van der Waals surface area contributed by atoms with E-state index in [2.05, 4.69) is 44.0 Å². The number of aryl methyl sites for hydroxylation is 1. The van der Waals surface area contributed by atoms with Crippen molar-refractivity contribution >= 4 is 0 Å². The van der Waals surface area contributed by atoms with Crippen LogP contribution in [0, 0.1) is 6.92 Å². The Morgan fingerprint density at radius 2 is 1.85 bits per heavy atom. The third-order valence-corrected chi connectivity index (χ3v) is 3.24. The van der Waals surface area contributed by atoms with Crippen LogP contribution in [0.1, 0.15) is 49.6 Å². The summed E-state index contributed by atoms with van der Waals surface area (Å²) in [6, 6.07) is 10.1. The molecule has 2 aromatic rings. The van der Waals surface area contributed by atoms with Gasteiger partial charge in [-0.1, -0.05) is 26.0 Å². The van der Waals surface area contributed by atoms with Crippen molar-refractivity contribution in [2.45, 2.75) is 39.7 Å². The molecule has 0 aliphatic rings. The molecule has 0 aliphatic carbocycles. The maximum atomic E-state index is 5.98. The molecular formula is C17H22N2O. The molecule has 0 spiro atoms. The fourth-order valence-corrected chi connectivity index (χ4v) is 2.06. The lowest BCUT2D eigenvalue weighted by atomic mass is 10.0. The first-order valence-corrected chi connectivity index (χ1v) is 6.97. The molecule has 1 heterocycles. The fraction of sp³-hybridized carbons (Fsp3) is 0.353. The summed E-state index contributed by atoms with van der Waals surface area (Å²) >= 11 is 0. The van der Waals surface area contributed by atoms with E-state index in [4.69, 9.17) is 10.5 Å². The van der Waals surface area contributed by atoms with Crippen molar-refractivity contribution in [3.63, 3.8) is 0 Å². The molecule has 1 aromatic heterocycles. The van der Waals surface area contributed by atoms with Gasteiger partial charge >= 0.3 is 0 Å². The molecule has 0 unspecified atom stereocenters. The summed E-state index contributed by atoms with van der Waals surface area (Å²) in [5.74, 6) is 2.05. The smallest absolute Gasteiger partial charge is 0.145 e. The number of hydrogen-bond acceptors (Lipinski definition) is 3. The van der Waals surface area contributed by atoms with Crippen molar-refractivity contribution < 1.29 is 4.74 Å².